The predicted molar refractivity (Wildman–Crippen MR) is 165 cm³/mol. The van der Waals surface area contributed by atoms with Gasteiger partial charge in [-0.3, -0.25) is 14.4 Å². The first-order chi connectivity index (χ1) is 19.7. The van der Waals surface area contributed by atoms with Gasteiger partial charge in [0.05, 0.1) is 16.5 Å². The van der Waals surface area contributed by atoms with E-state index < -0.39 is 23.3 Å². The maximum absolute atomic E-state index is 15.4. The van der Waals surface area contributed by atoms with Crippen molar-refractivity contribution in [2.75, 3.05) is 24.7 Å². The number of hydrogen-bond donors (Lipinski definition) is 3. The molecule has 1 unspecified atom stereocenters. The molecule has 2 heterocycles. The number of hydrogen-bond acceptors (Lipinski definition) is 4. The Morgan fingerprint density at radius 1 is 1.07 bits per heavy atom. The van der Waals surface area contributed by atoms with Gasteiger partial charge in [0.2, 0.25) is 11.8 Å². The molecule has 3 N–H and O–H groups in total. The first-order valence-electron chi connectivity index (χ1n) is 13.7. The molecule has 3 atom stereocenters. The Bertz CT molecular complexity index is 1590. The molecular formula is C32H33Cl2FN4O3. The molecule has 2 aliphatic heterocycles. The van der Waals surface area contributed by atoms with Gasteiger partial charge in [-0.2, -0.15) is 0 Å². The minimum absolute atomic E-state index is 0.0427. The second-order valence-electron chi connectivity index (χ2n) is 12.4. The van der Waals surface area contributed by atoms with Gasteiger partial charge in [-0.05, 0) is 66.3 Å². The maximum atomic E-state index is 15.4. The van der Waals surface area contributed by atoms with E-state index in [1.807, 2.05) is 0 Å². The van der Waals surface area contributed by atoms with Gasteiger partial charge >= 0.3 is 0 Å². The topological polar surface area (TPSA) is 90.5 Å². The maximum Gasteiger partial charge on any atom is 0.253 e. The fraction of sp³-hybridized carbons (Fsp3) is 0.344. The largest absolute Gasteiger partial charge is 0.345 e. The van der Waals surface area contributed by atoms with Crippen molar-refractivity contribution in [3.63, 3.8) is 0 Å². The molecular weight excluding hydrogens is 578 g/mol. The van der Waals surface area contributed by atoms with Crippen molar-refractivity contribution in [1.82, 2.24) is 10.2 Å². The zero-order chi connectivity index (χ0) is 30.6. The summed E-state index contributed by atoms with van der Waals surface area (Å²) in [6.07, 6.45) is 0.706. The Labute approximate surface area is 254 Å². The van der Waals surface area contributed by atoms with Crippen LogP contribution in [0.5, 0.6) is 0 Å². The van der Waals surface area contributed by atoms with Crippen LogP contribution in [0.1, 0.15) is 49.5 Å². The van der Waals surface area contributed by atoms with Gasteiger partial charge in [-0.15, -0.1) is 0 Å². The summed E-state index contributed by atoms with van der Waals surface area (Å²) in [7, 11) is 3.34. The molecule has 1 saturated heterocycles. The number of amides is 3. The van der Waals surface area contributed by atoms with Crippen molar-refractivity contribution in [3.8, 4) is 11.1 Å². The lowest BCUT2D eigenvalue weighted by Gasteiger charge is -2.34. The van der Waals surface area contributed by atoms with Crippen molar-refractivity contribution >= 4 is 52.3 Å². The molecule has 3 aromatic carbocycles. The molecule has 0 aromatic heterocycles. The van der Waals surface area contributed by atoms with Gasteiger partial charge in [0.15, 0.2) is 0 Å². The molecule has 0 bridgehead atoms. The van der Waals surface area contributed by atoms with E-state index in [0.717, 1.165) is 0 Å². The fourth-order valence-corrected chi connectivity index (χ4v) is 6.48. The molecule has 42 heavy (non-hydrogen) atoms. The molecule has 0 radical (unpaired) electrons. The number of halogens is 3. The van der Waals surface area contributed by atoms with Crippen LogP contribution in [0.2, 0.25) is 10.0 Å². The molecule has 1 spiro atoms. The highest BCUT2D eigenvalue weighted by molar-refractivity contribution is 6.32. The highest BCUT2D eigenvalue weighted by atomic mass is 35.5. The zero-order valence-electron chi connectivity index (χ0n) is 24.1. The molecule has 220 valence electrons. The monoisotopic (exact) mass is 610 g/mol. The molecule has 3 amide bonds. The average Bonchev–Trinajstić information content (AvgIpc) is 3.41. The summed E-state index contributed by atoms with van der Waals surface area (Å²) >= 11 is 12.6. The SMILES string of the molecule is CN(C)C(=O)c1ccc(NC(=O)[C@H]2CC3(C(=O)Nc4cc(Cl)cc(-c5cccc(Cl)c5F)c43)[C@H](CC(C)(C)C)N2)cc1. The van der Waals surface area contributed by atoms with E-state index in [1.54, 1.807) is 62.6 Å². The molecule has 5 rings (SSSR count). The van der Waals surface area contributed by atoms with Crippen LogP contribution in [0.3, 0.4) is 0 Å². The Kier molecular flexibility index (Phi) is 7.85. The molecule has 0 saturated carbocycles. The van der Waals surface area contributed by atoms with Crippen LogP contribution in [-0.4, -0.2) is 48.8 Å². The number of nitrogens with zero attached hydrogens (tertiary/aromatic N) is 1. The Morgan fingerprint density at radius 2 is 1.76 bits per heavy atom. The first kappa shape index (κ1) is 30.0. The van der Waals surface area contributed by atoms with E-state index in [4.69, 9.17) is 23.2 Å². The molecule has 2 aliphatic rings. The second-order valence-corrected chi connectivity index (χ2v) is 13.3. The third-order valence-electron chi connectivity index (χ3n) is 7.91. The molecule has 10 heteroatoms. The quantitative estimate of drug-likeness (QED) is 0.308. The number of rotatable bonds is 5. The summed E-state index contributed by atoms with van der Waals surface area (Å²) in [6.45, 7) is 6.21. The highest BCUT2D eigenvalue weighted by Crippen LogP contribution is 2.54. The van der Waals surface area contributed by atoms with Gasteiger partial charge in [0.25, 0.3) is 5.91 Å². The van der Waals surface area contributed by atoms with Crippen LogP contribution in [-0.2, 0) is 15.0 Å². The second kappa shape index (κ2) is 11.0. The van der Waals surface area contributed by atoms with E-state index in [0.29, 0.717) is 39.5 Å². The van der Waals surface area contributed by atoms with E-state index in [2.05, 4.69) is 36.7 Å². The Morgan fingerprint density at radius 3 is 2.40 bits per heavy atom. The predicted octanol–water partition coefficient (Wildman–Crippen LogP) is 6.50. The van der Waals surface area contributed by atoms with Crippen LogP contribution in [0.25, 0.3) is 11.1 Å². The van der Waals surface area contributed by atoms with Crippen molar-refractivity contribution in [2.45, 2.75) is 51.1 Å². The van der Waals surface area contributed by atoms with Crippen LogP contribution in [0, 0.1) is 11.2 Å². The normalized spacial score (nSPS) is 21.3. The lowest BCUT2D eigenvalue weighted by Crippen LogP contribution is -2.48. The minimum atomic E-state index is -1.18. The van der Waals surface area contributed by atoms with Crippen molar-refractivity contribution in [3.05, 3.63) is 81.6 Å². The van der Waals surface area contributed by atoms with E-state index >= 15 is 4.39 Å². The van der Waals surface area contributed by atoms with E-state index in [-0.39, 0.29) is 40.1 Å². The molecule has 0 aliphatic carbocycles. The summed E-state index contributed by atoms with van der Waals surface area (Å²) in [5.74, 6) is -1.34. The number of nitrogens with one attached hydrogen (secondary N) is 3. The standard InChI is InChI=1S/C32H33Cl2FN4O3/c1-31(2,3)16-25-32(15-24(37-25)28(40)36-19-11-9-17(10-12-19)29(41)39(4)5)26-21(20-7-6-8-22(34)27(20)35)13-18(33)14-23(26)38-30(32)42/h6-14,24-25,37H,15-16H2,1-5H3,(H,36,40)(H,38,42)/t24-,25+,32?/m1/s1. The van der Waals surface area contributed by atoms with Crippen LogP contribution in [0.15, 0.2) is 54.6 Å². The summed E-state index contributed by atoms with van der Waals surface area (Å²) in [4.78, 5) is 41.4. The fourth-order valence-electron chi connectivity index (χ4n) is 6.09. The number of benzene rings is 3. The molecule has 7 nitrogen and oxygen atoms in total. The van der Waals surface area contributed by atoms with Crippen LogP contribution < -0.4 is 16.0 Å². The highest BCUT2D eigenvalue weighted by Gasteiger charge is 2.60. The van der Waals surface area contributed by atoms with Crippen molar-refractivity contribution in [1.29, 1.82) is 0 Å². The van der Waals surface area contributed by atoms with Gasteiger partial charge < -0.3 is 20.9 Å². The van der Waals surface area contributed by atoms with Crippen molar-refractivity contribution in [2.24, 2.45) is 5.41 Å². The lowest BCUT2D eigenvalue weighted by atomic mass is 9.68. The van der Waals surface area contributed by atoms with Gasteiger partial charge in [0, 0.05) is 53.2 Å². The zero-order valence-corrected chi connectivity index (χ0v) is 25.6. The Balaban J connectivity index is 1.55. The summed E-state index contributed by atoms with van der Waals surface area (Å²) in [5.41, 5.74) is 1.41. The average molecular weight is 612 g/mol. The summed E-state index contributed by atoms with van der Waals surface area (Å²) in [6, 6.07) is 13.5. The number of carbonyl (C=O) groups excluding carboxylic acids is 3. The number of carbonyl (C=O) groups is 3. The van der Waals surface area contributed by atoms with Crippen molar-refractivity contribution < 1.29 is 18.8 Å². The smallest absolute Gasteiger partial charge is 0.253 e. The van der Waals surface area contributed by atoms with E-state index in [9.17, 15) is 14.4 Å². The van der Waals surface area contributed by atoms with Crippen LogP contribution >= 0.6 is 23.2 Å². The van der Waals surface area contributed by atoms with E-state index in [1.165, 1.54) is 11.0 Å². The van der Waals surface area contributed by atoms with Gasteiger partial charge in [-0.25, -0.2) is 4.39 Å². The van der Waals surface area contributed by atoms with Gasteiger partial charge in [-0.1, -0.05) is 56.1 Å². The third-order valence-corrected chi connectivity index (χ3v) is 8.42. The lowest BCUT2D eigenvalue weighted by molar-refractivity contribution is -0.121. The minimum Gasteiger partial charge on any atom is -0.345 e. The van der Waals surface area contributed by atoms with Crippen LogP contribution in [0.4, 0.5) is 15.8 Å². The number of fused-ring (bicyclic) bond motifs is 2. The first-order valence-corrected chi connectivity index (χ1v) is 14.5. The number of anilines is 2. The molecule has 1 fully saturated rings. The molecule has 3 aromatic rings. The summed E-state index contributed by atoms with van der Waals surface area (Å²) < 4.78 is 15.4. The van der Waals surface area contributed by atoms with Gasteiger partial charge in [0.1, 0.15) is 5.82 Å². The summed E-state index contributed by atoms with van der Waals surface area (Å²) in [5, 5.41) is 9.65. The third kappa shape index (κ3) is 5.39. The Hall–Kier alpha value is -3.46.